The zero-order chi connectivity index (χ0) is 13.7. The van der Waals surface area contributed by atoms with E-state index < -0.39 is 5.97 Å². The van der Waals surface area contributed by atoms with E-state index in [4.69, 9.17) is 21.4 Å². The summed E-state index contributed by atoms with van der Waals surface area (Å²) in [6, 6.07) is 14.2. The Morgan fingerprint density at radius 2 is 1.79 bits per heavy atom. The second kappa shape index (κ2) is 6.25. The molecule has 2 aromatic rings. The first-order valence-corrected chi connectivity index (χ1v) is 6.33. The number of aromatic carboxylic acids is 1. The van der Waals surface area contributed by atoms with Gasteiger partial charge in [0.2, 0.25) is 0 Å². The molecule has 0 aliphatic heterocycles. The fourth-order valence-electron chi connectivity index (χ4n) is 1.66. The first-order chi connectivity index (χ1) is 9.20. The monoisotopic (exact) mass is 276 g/mol. The average Bonchev–Trinajstić information content (AvgIpc) is 2.45. The molecule has 0 saturated heterocycles. The van der Waals surface area contributed by atoms with Gasteiger partial charge in [0.25, 0.3) is 0 Å². The summed E-state index contributed by atoms with van der Waals surface area (Å²) in [5.41, 5.74) is 2.12. The van der Waals surface area contributed by atoms with E-state index in [2.05, 4.69) is 0 Å². The highest BCUT2D eigenvalue weighted by Crippen LogP contribution is 2.21. The summed E-state index contributed by atoms with van der Waals surface area (Å²) in [5.74, 6) is 0.216. The predicted octanol–water partition coefficient (Wildman–Crippen LogP) is 3.70. The van der Waals surface area contributed by atoms with Gasteiger partial charge < -0.3 is 9.84 Å². The van der Waals surface area contributed by atoms with Gasteiger partial charge in [-0.15, -0.1) is 11.6 Å². The summed E-state index contributed by atoms with van der Waals surface area (Å²) >= 11 is 5.82. The second-order valence-corrected chi connectivity index (χ2v) is 4.30. The van der Waals surface area contributed by atoms with Gasteiger partial charge in [-0.05, 0) is 23.8 Å². The van der Waals surface area contributed by atoms with Crippen molar-refractivity contribution in [2.24, 2.45) is 0 Å². The van der Waals surface area contributed by atoms with Crippen LogP contribution in [0.1, 0.15) is 21.5 Å². The van der Waals surface area contributed by atoms with Crippen LogP contribution in [0, 0.1) is 0 Å². The highest BCUT2D eigenvalue weighted by molar-refractivity contribution is 6.17. The molecule has 4 heteroatoms. The molecule has 0 heterocycles. The van der Waals surface area contributed by atoms with Crippen LogP contribution >= 0.6 is 11.6 Å². The molecule has 0 aliphatic rings. The van der Waals surface area contributed by atoms with Crippen LogP contribution in [-0.4, -0.2) is 11.1 Å². The smallest absolute Gasteiger partial charge is 0.335 e. The minimum Gasteiger partial charge on any atom is -0.489 e. The number of carbonyl (C=O) groups is 1. The van der Waals surface area contributed by atoms with Crippen molar-refractivity contribution < 1.29 is 14.6 Å². The van der Waals surface area contributed by atoms with Crippen molar-refractivity contribution in [3.8, 4) is 5.75 Å². The van der Waals surface area contributed by atoms with Crippen molar-refractivity contribution in [2.45, 2.75) is 12.5 Å². The van der Waals surface area contributed by atoms with Crippen LogP contribution in [0.25, 0.3) is 0 Å². The van der Waals surface area contributed by atoms with Crippen molar-refractivity contribution in [2.75, 3.05) is 0 Å². The zero-order valence-corrected chi connectivity index (χ0v) is 10.9. The number of hydrogen-bond donors (Lipinski definition) is 1. The van der Waals surface area contributed by atoms with E-state index in [-0.39, 0.29) is 5.56 Å². The third kappa shape index (κ3) is 3.48. The van der Waals surface area contributed by atoms with E-state index in [1.165, 1.54) is 0 Å². The van der Waals surface area contributed by atoms with Crippen molar-refractivity contribution in [3.05, 3.63) is 65.2 Å². The summed E-state index contributed by atoms with van der Waals surface area (Å²) in [6.07, 6.45) is 0. The maximum Gasteiger partial charge on any atom is 0.335 e. The third-order valence-electron chi connectivity index (χ3n) is 2.71. The lowest BCUT2D eigenvalue weighted by Gasteiger charge is -2.09. The Kier molecular flexibility index (Phi) is 4.42. The molecule has 0 aliphatic carbocycles. The molecule has 3 nitrogen and oxygen atoms in total. The van der Waals surface area contributed by atoms with Gasteiger partial charge in [0.1, 0.15) is 12.4 Å². The van der Waals surface area contributed by atoms with Gasteiger partial charge in [-0.1, -0.05) is 30.3 Å². The van der Waals surface area contributed by atoms with Crippen LogP contribution in [0.2, 0.25) is 0 Å². The summed E-state index contributed by atoms with van der Waals surface area (Å²) in [7, 11) is 0. The molecule has 1 N–H and O–H groups in total. The first kappa shape index (κ1) is 13.4. The Labute approximate surface area is 116 Å². The van der Waals surface area contributed by atoms with Crippen LogP contribution in [0.4, 0.5) is 0 Å². The number of benzene rings is 2. The largest absolute Gasteiger partial charge is 0.489 e. The highest BCUT2D eigenvalue weighted by Gasteiger charge is 2.04. The fraction of sp³-hybridized carbons (Fsp3) is 0.133. The van der Waals surface area contributed by atoms with E-state index in [9.17, 15) is 4.79 Å². The van der Waals surface area contributed by atoms with Crippen LogP contribution in [-0.2, 0) is 12.5 Å². The Hall–Kier alpha value is -2.00. The van der Waals surface area contributed by atoms with Gasteiger partial charge in [0.15, 0.2) is 0 Å². The van der Waals surface area contributed by atoms with Gasteiger partial charge >= 0.3 is 5.97 Å². The molecule has 0 atom stereocenters. The van der Waals surface area contributed by atoms with E-state index in [1.807, 2.05) is 24.3 Å². The lowest BCUT2D eigenvalue weighted by molar-refractivity contribution is 0.0697. The topological polar surface area (TPSA) is 46.5 Å². The molecule has 0 fully saturated rings. The normalized spacial score (nSPS) is 10.2. The third-order valence-corrected chi connectivity index (χ3v) is 3.00. The van der Waals surface area contributed by atoms with Gasteiger partial charge in [-0.25, -0.2) is 4.79 Å². The number of para-hydroxylation sites is 1. The van der Waals surface area contributed by atoms with Crippen molar-refractivity contribution >= 4 is 17.6 Å². The number of hydrogen-bond acceptors (Lipinski definition) is 2. The first-order valence-electron chi connectivity index (χ1n) is 5.79. The maximum absolute atomic E-state index is 10.7. The molecule has 0 radical (unpaired) electrons. The van der Waals surface area contributed by atoms with Gasteiger partial charge in [-0.3, -0.25) is 0 Å². The summed E-state index contributed by atoms with van der Waals surface area (Å²) < 4.78 is 5.68. The number of rotatable bonds is 5. The van der Waals surface area contributed by atoms with Crippen molar-refractivity contribution in [3.63, 3.8) is 0 Å². The minimum atomic E-state index is -0.931. The van der Waals surface area contributed by atoms with E-state index in [0.29, 0.717) is 12.5 Å². The van der Waals surface area contributed by atoms with Crippen molar-refractivity contribution in [1.29, 1.82) is 0 Å². The fourth-order valence-corrected chi connectivity index (χ4v) is 1.88. The van der Waals surface area contributed by atoms with E-state index >= 15 is 0 Å². The highest BCUT2D eigenvalue weighted by atomic mass is 35.5. The number of carboxylic acid groups (broad SMARTS) is 1. The Bertz CT molecular complexity index is 564. The molecule has 2 rings (SSSR count). The van der Waals surface area contributed by atoms with Crippen LogP contribution in [0.15, 0.2) is 48.5 Å². The summed E-state index contributed by atoms with van der Waals surface area (Å²) in [6.45, 7) is 0.383. The molecule has 0 unspecified atom stereocenters. The molecular formula is C15H13ClO3. The molecule has 0 aromatic heterocycles. The van der Waals surface area contributed by atoms with Gasteiger partial charge in [0, 0.05) is 5.56 Å². The zero-order valence-electron chi connectivity index (χ0n) is 10.2. The number of alkyl halides is 1. The van der Waals surface area contributed by atoms with Crippen molar-refractivity contribution in [1.82, 2.24) is 0 Å². The predicted molar refractivity (Wildman–Crippen MR) is 73.7 cm³/mol. The molecule has 0 bridgehead atoms. The summed E-state index contributed by atoms with van der Waals surface area (Å²) in [4.78, 5) is 10.7. The van der Waals surface area contributed by atoms with Gasteiger partial charge in [0.05, 0.1) is 11.4 Å². The lowest BCUT2D eigenvalue weighted by atomic mass is 10.1. The standard InChI is InChI=1S/C15H13ClO3/c16-9-13-3-1-2-4-14(13)19-10-11-5-7-12(8-6-11)15(17)18/h1-8H,9-10H2,(H,17,18). The Morgan fingerprint density at radius 3 is 2.42 bits per heavy atom. The SMILES string of the molecule is O=C(O)c1ccc(COc2ccccc2CCl)cc1. The minimum absolute atomic E-state index is 0.268. The van der Waals surface area contributed by atoms with Crippen LogP contribution in [0.5, 0.6) is 5.75 Å². The quantitative estimate of drug-likeness (QED) is 0.847. The number of ether oxygens (including phenoxy) is 1. The second-order valence-electron chi connectivity index (χ2n) is 4.03. The molecule has 0 amide bonds. The lowest BCUT2D eigenvalue weighted by Crippen LogP contribution is -2.00. The Balaban J connectivity index is 2.04. The molecule has 0 saturated carbocycles. The average molecular weight is 277 g/mol. The number of carboxylic acids is 1. The Morgan fingerprint density at radius 1 is 1.11 bits per heavy atom. The molecule has 2 aromatic carbocycles. The molecular weight excluding hydrogens is 264 g/mol. The summed E-state index contributed by atoms with van der Waals surface area (Å²) in [5, 5.41) is 8.81. The number of halogens is 1. The van der Waals surface area contributed by atoms with E-state index in [1.54, 1.807) is 24.3 Å². The van der Waals surface area contributed by atoms with Gasteiger partial charge in [-0.2, -0.15) is 0 Å². The maximum atomic E-state index is 10.7. The molecule has 0 spiro atoms. The van der Waals surface area contributed by atoms with Crippen LogP contribution in [0.3, 0.4) is 0 Å². The molecule has 98 valence electrons. The molecule has 19 heavy (non-hydrogen) atoms. The van der Waals surface area contributed by atoms with E-state index in [0.717, 1.165) is 16.9 Å². The van der Waals surface area contributed by atoms with Crippen LogP contribution < -0.4 is 4.74 Å².